The van der Waals surface area contributed by atoms with E-state index >= 15 is 0 Å². The van der Waals surface area contributed by atoms with Gasteiger partial charge in [-0.3, -0.25) is 10.3 Å². The molecule has 0 radical (unpaired) electrons. The predicted molar refractivity (Wildman–Crippen MR) is 59.1 cm³/mol. The van der Waals surface area contributed by atoms with Crippen molar-refractivity contribution in [1.82, 2.24) is 4.98 Å². The van der Waals surface area contributed by atoms with Crippen LogP contribution in [0.3, 0.4) is 0 Å². The molecule has 5 heteroatoms. The summed E-state index contributed by atoms with van der Waals surface area (Å²) in [6.45, 7) is 5.38. The summed E-state index contributed by atoms with van der Waals surface area (Å²) >= 11 is 5.81. The molecule has 1 amide bonds. The molecule has 0 aromatic carbocycles. The summed E-state index contributed by atoms with van der Waals surface area (Å²) in [6.07, 6.45) is 2.46. The largest absolute Gasteiger partial charge is 0.444 e. The van der Waals surface area contributed by atoms with Crippen molar-refractivity contribution in [3.05, 3.63) is 23.5 Å². The van der Waals surface area contributed by atoms with Crippen LogP contribution in [0.25, 0.3) is 0 Å². The standard InChI is InChI=1S/C10H13ClN2O2/c1-10(2,3)15-9(14)13-8-4-5-12-6-7(8)11/h4-6H,1-3H3,(H,12,13,14). The lowest BCUT2D eigenvalue weighted by atomic mass is 10.2. The number of ether oxygens (including phenoxy) is 1. The van der Waals surface area contributed by atoms with Gasteiger partial charge in [0.1, 0.15) is 5.60 Å². The molecule has 1 rings (SSSR count). The predicted octanol–water partition coefficient (Wildman–Crippen LogP) is 3.08. The van der Waals surface area contributed by atoms with Crippen LogP contribution in [0, 0.1) is 0 Å². The highest BCUT2D eigenvalue weighted by atomic mass is 35.5. The van der Waals surface area contributed by atoms with Gasteiger partial charge in [0.15, 0.2) is 0 Å². The maximum absolute atomic E-state index is 11.4. The van der Waals surface area contributed by atoms with E-state index in [-0.39, 0.29) is 0 Å². The Morgan fingerprint density at radius 1 is 1.53 bits per heavy atom. The van der Waals surface area contributed by atoms with Crippen LogP contribution in [0.4, 0.5) is 10.5 Å². The summed E-state index contributed by atoms with van der Waals surface area (Å²) < 4.78 is 5.07. The molecule has 0 bridgehead atoms. The van der Waals surface area contributed by atoms with Gasteiger partial charge in [0.2, 0.25) is 0 Å². The smallest absolute Gasteiger partial charge is 0.412 e. The molecule has 1 aromatic heterocycles. The van der Waals surface area contributed by atoms with Crippen LogP contribution in [0.5, 0.6) is 0 Å². The van der Waals surface area contributed by atoms with Crippen LogP contribution >= 0.6 is 11.6 Å². The lowest BCUT2D eigenvalue weighted by molar-refractivity contribution is 0.0636. The molecular formula is C10H13ClN2O2. The van der Waals surface area contributed by atoms with E-state index in [0.29, 0.717) is 10.7 Å². The topological polar surface area (TPSA) is 51.2 Å². The zero-order valence-electron chi connectivity index (χ0n) is 8.87. The molecule has 15 heavy (non-hydrogen) atoms. The van der Waals surface area contributed by atoms with E-state index in [1.807, 2.05) is 0 Å². The molecule has 1 N–H and O–H groups in total. The van der Waals surface area contributed by atoms with Crippen molar-refractivity contribution in [1.29, 1.82) is 0 Å². The summed E-state index contributed by atoms with van der Waals surface area (Å²) in [6, 6.07) is 1.60. The molecule has 0 fully saturated rings. The number of rotatable bonds is 1. The quantitative estimate of drug-likeness (QED) is 0.804. The molecule has 82 valence electrons. The Labute approximate surface area is 93.6 Å². The van der Waals surface area contributed by atoms with Crippen LogP contribution < -0.4 is 5.32 Å². The molecule has 0 aliphatic carbocycles. The number of aromatic nitrogens is 1. The Kier molecular flexibility index (Phi) is 3.52. The van der Waals surface area contributed by atoms with E-state index in [1.165, 1.54) is 6.20 Å². The second kappa shape index (κ2) is 4.49. The van der Waals surface area contributed by atoms with Crippen molar-refractivity contribution in [3.8, 4) is 0 Å². The number of hydrogen-bond donors (Lipinski definition) is 1. The van der Waals surface area contributed by atoms with Gasteiger partial charge in [-0.05, 0) is 26.8 Å². The van der Waals surface area contributed by atoms with Crippen molar-refractivity contribution < 1.29 is 9.53 Å². The summed E-state index contributed by atoms with van der Waals surface area (Å²) in [5.41, 5.74) is -0.0373. The monoisotopic (exact) mass is 228 g/mol. The molecule has 1 heterocycles. The van der Waals surface area contributed by atoms with Crippen molar-refractivity contribution in [2.45, 2.75) is 26.4 Å². The molecule has 0 atom stereocenters. The van der Waals surface area contributed by atoms with E-state index in [9.17, 15) is 4.79 Å². The number of carbonyl (C=O) groups excluding carboxylic acids is 1. The molecule has 0 spiro atoms. The first-order chi connectivity index (χ1) is 6.88. The first-order valence-electron chi connectivity index (χ1n) is 4.48. The van der Waals surface area contributed by atoms with Gasteiger partial charge in [0.25, 0.3) is 0 Å². The van der Waals surface area contributed by atoms with Crippen LogP contribution in [-0.4, -0.2) is 16.7 Å². The van der Waals surface area contributed by atoms with Crippen LogP contribution in [0.1, 0.15) is 20.8 Å². The molecule has 0 saturated heterocycles. The summed E-state index contributed by atoms with van der Waals surface area (Å²) in [7, 11) is 0. The minimum Gasteiger partial charge on any atom is -0.444 e. The fourth-order valence-corrected chi connectivity index (χ4v) is 1.06. The molecule has 0 unspecified atom stereocenters. The number of carbonyl (C=O) groups is 1. The molecule has 4 nitrogen and oxygen atoms in total. The van der Waals surface area contributed by atoms with Crippen LogP contribution in [-0.2, 0) is 4.74 Å². The van der Waals surface area contributed by atoms with Gasteiger partial charge in [-0.15, -0.1) is 0 Å². The minimum absolute atomic E-state index is 0.378. The Bertz CT molecular complexity index is 361. The maximum Gasteiger partial charge on any atom is 0.412 e. The minimum atomic E-state index is -0.532. The SMILES string of the molecule is CC(C)(C)OC(=O)Nc1ccncc1Cl. The average Bonchev–Trinajstić information content (AvgIpc) is 2.05. The third-order valence-corrected chi connectivity index (χ3v) is 1.71. The molecule has 0 aliphatic rings. The number of nitrogens with zero attached hydrogens (tertiary/aromatic N) is 1. The number of amides is 1. The number of pyridine rings is 1. The zero-order valence-corrected chi connectivity index (χ0v) is 9.63. The number of hydrogen-bond acceptors (Lipinski definition) is 3. The Hall–Kier alpha value is -1.29. The second-order valence-corrected chi connectivity index (χ2v) is 4.39. The molecular weight excluding hydrogens is 216 g/mol. The molecule has 0 saturated carbocycles. The highest BCUT2D eigenvalue weighted by Crippen LogP contribution is 2.20. The van der Waals surface area contributed by atoms with E-state index < -0.39 is 11.7 Å². The molecule has 1 aromatic rings. The highest BCUT2D eigenvalue weighted by Gasteiger charge is 2.16. The van der Waals surface area contributed by atoms with Gasteiger partial charge in [-0.2, -0.15) is 0 Å². The Balaban J connectivity index is 2.64. The number of halogens is 1. The fraction of sp³-hybridized carbons (Fsp3) is 0.400. The van der Waals surface area contributed by atoms with E-state index in [2.05, 4.69) is 10.3 Å². The van der Waals surface area contributed by atoms with Gasteiger partial charge < -0.3 is 4.74 Å². The lowest BCUT2D eigenvalue weighted by Gasteiger charge is -2.19. The first kappa shape index (κ1) is 11.8. The third kappa shape index (κ3) is 4.16. The van der Waals surface area contributed by atoms with Crippen LogP contribution in [0.2, 0.25) is 5.02 Å². The van der Waals surface area contributed by atoms with Crippen molar-refractivity contribution >= 4 is 23.4 Å². The van der Waals surface area contributed by atoms with Gasteiger partial charge in [-0.25, -0.2) is 4.79 Å². The van der Waals surface area contributed by atoms with Gasteiger partial charge in [-0.1, -0.05) is 11.6 Å². The Morgan fingerprint density at radius 3 is 2.73 bits per heavy atom. The number of nitrogens with one attached hydrogen (secondary N) is 1. The normalized spacial score (nSPS) is 10.9. The summed E-state index contributed by atoms with van der Waals surface area (Å²) in [4.78, 5) is 15.2. The number of anilines is 1. The summed E-state index contributed by atoms with van der Waals surface area (Å²) in [5.74, 6) is 0. The van der Waals surface area contributed by atoms with Crippen molar-refractivity contribution in [2.75, 3.05) is 5.32 Å². The van der Waals surface area contributed by atoms with Crippen molar-refractivity contribution in [3.63, 3.8) is 0 Å². The van der Waals surface area contributed by atoms with Gasteiger partial charge in [0.05, 0.1) is 10.7 Å². The summed E-state index contributed by atoms with van der Waals surface area (Å²) in [5, 5.41) is 2.91. The molecule has 0 aliphatic heterocycles. The average molecular weight is 229 g/mol. The van der Waals surface area contributed by atoms with E-state index in [1.54, 1.807) is 33.0 Å². The van der Waals surface area contributed by atoms with Gasteiger partial charge in [0, 0.05) is 12.4 Å². The van der Waals surface area contributed by atoms with Crippen LogP contribution in [0.15, 0.2) is 18.5 Å². The highest BCUT2D eigenvalue weighted by molar-refractivity contribution is 6.33. The third-order valence-electron chi connectivity index (χ3n) is 1.41. The van der Waals surface area contributed by atoms with Crippen molar-refractivity contribution in [2.24, 2.45) is 0 Å². The zero-order chi connectivity index (χ0) is 11.5. The first-order valence-corrected chi connectivity index (χ1v) is 4.86. The van der Waals surface area contributed by atoms with E-state index in [4.69, 9.17) is 16.3 Å². The lowest BCUT2D eigenvalue weighted by Crippen LogP contribution is -2.27. The Morgan fingerprint density at radius 2 is 2.20 bits per heavy atom. The van der Waals surface area contributed by atoms with Gasteiger partial charge >= 0.3 is 6.09 Å². The maximum atomic E-state index is 11.4. The fourth-order valence-electron chi connectivity index (χ4n) is 0.890. The second-order valence-electron chi connectivity index (χ2n) is 3.98. The van der Waals surface area contributed by atoms with E-state index in [0.717, 1.165) is 0 Å².